The highest BCUT2D eigenvalue weighted by Gasteiger charge is 2.13. The maximum atomic E-state index is 10.3. The highest BCUT2D eigenvalue weighted by atomic mass is 35.5. The van der Waals surface area contributed by atoms with E-state index in [1.807, 2.05) is 12.1 Å². The van der Waals surface area contributed by atoms with Crippen molar-refractivity contribution in [3.8, 4) is 6.07 Å². The first-order valence-electron chi connectivity index (χ1n) is 6.77. The predicted octanol–water partition coefficient (Wildman–Crippen LogP) is 3.83. The molecule has 1 aromatic carbocycles. The molecule has 0 aliphatic heterocycles. The second-order valence-corrected chi connectivity index (χ2v) is 6.58. The molecule has 110 valence electrons. The number of thiophene rings is 1. The summed E-state index contributed by atoms with van der Waals surface area (Å²) in [4.78, 5) is 3.36. The maximum Gasteiger partial charge on any atom is 0.0991 e. The van der Waals surface area contributed by atoms with Crippen molar-refractivity contribution < 1.29 is 5.11 Å². The molecule has 1 unspecified atom stereocenters. The summed E-state index contributed by atoms with van der Waals surface area (Å²) < 4.78 is 0.786. The van der Waals surface area contributed by atoms with Crippen molar-refractivity contribution >= 4 is 22.9 Å². The maximum absolute atomic E-state index is 10.3. The number of halogens is 1. The van der Waals surface area contributed by atoms with Crippen molar-refractivity contribution in [2.24, 2.45) is 0 Å². The second kappa shape index (κ2) is 7.58. The average Bonchev–Trinajstić information content (AvgIpc) is 2.91. The number of nitriles is 1. The first-order valence-corrected chi connectivity index (χ1v) is 7.96. The van der Waals surface area contributed by atoms with Crippen molar-refractivity contribution in [2.45, 2.75) is 19.6 Å². The van der Waals surface area contributed by atoms with Gasteiger partial charge in [0.05, 0.1) is 22.1 Å². The fraction of sp³-hybridized carbons (Fsp3) is 0.312. The van der Waals surface area contributed by atoms with Gasteiger partial charge in [-0.3, -0.25) is 4.90 Å². The lowest BCUT2D eigenvalue weighted by atomic mass is 10.1. The zero-order valence-corrected chi connectivity index (χ0v) is 13.4. The van der Waals surface area contributed by atoms with Gasteiger partial charge >= 0.3 is 0 Å². The molecule has 0 amide bonds. The predicted molar refractivity (Wildman–Crippen MR) is 86.4 cm³/mol. The van der Waals surface area contributed by atoms with E-state index in [1.165, 1.54) is 4.88 Å². The largest absolute Gasteiger partial charge is 0.387 e. The Labute approximate surface area is 134 Å². The Morgan fingerprint density at radius 3 is 2.52 bits per heavy atom. The third-order valence-corrected chi connectivity index (χ3v) is 4.53. The van der Waals surface area contributed by atoms with E-state index in [4.69, 9.17) is 16.9 Å². The van der Waals surface area contributed by atoms with Gasteiger partial charge in [0.1, 0.15) is 0 Å². The van der Waals surface area contributed by atoms with Gasteiger partial charge in [0, 0.05) is 18.0 Å². The molecule has 1 atom stereocenters. The molecule has 0 saturated heterocycles. The molecule has 5 heteroatoms. The van der Waals surface area contributed by atoms with E-state index < -0.39 is 6.10 Å². The molecule has 1 heterocycles. The Morgan fingerprint density at radius 1 is 1.29 bits per heavy atom. The smallest absolute Gasteiger partial charge is 0.0991 e. The van der Waals surface area contributed by atoms with Gasteiger partial charge in [0.2, 0.25) is 0 Å². The Kier molecular flexibility index (Phi) is 5.77. The van der Waals surface area contributed by atoms with Gasteiger partial charge < -0.3 is 5.11 Å². The van der Waals surface area contributed by atoms with Gasteiger partial charge in [-0.05, 0) is 36.4 Å². The van der Waals surface area contributed by atoms with Crippen LogP contribution in [0, 0.1) is 11.3 Å². The summed E-state index contributed by atoms with van der Waals surface area (Å²) in [6.45, 7) is 4.25. The highest BCUT2D eigenvalue weighted by molar-refractivity contribution is 7.16. The highest BCUT2D eigenvalue weighted by Crippen LogP contribution is 2.23. The lowest BCUT2D eigenvalue weighted by molar-refractivity contribution is 0.113. The number of aliphatic hydroxyl groups is 1. The molecule has 0 radical (unpaired) electrons. The van der Waals surface area contributed by atoms with Crippen molar-refractivity contribution in [2.75, 3.05) is 13.1 Å². The van der Waals surface area contributed by atoms with E-state index in [2.05, 4.69) is 17.9 Å². The Bertz CT molecular complexity index is 618. The van der Waals surface area contributed by atoms with Crippen LogP contribution in [0.5, 0.6) is 0 Å². The SMILES string of the molecule is CCN(Cc1ccc(Cl)s1)CC(O)c1ccc(C#N)cc1. The van der Waals surface area contributed by atoms with E-state index in [9.17, 15) is 5.11 Å². The molecule has 0 saturated carbocycles. The summed E-state index contributed by atoms with van der Waals surface area (Å²) >= 11 is 7.51. The number of benzene rings is 1. The number of hydrogen-bond acceptors (Lipinski definition) is 4. The number of nitrogens with zero attached hydrogens (tertiary/aromatic N) is 2. The minimum Gasteiger partial charge on any atom is -0.387 e. The standard InChI is InChI=1S/C16H17ClN2OS/c1-2-19(10-14-7-8-16(17)21-14)11-15(20)13-5-3-12(9-18)4-6-13/h3-8,15,20H,2,10-11H2,1H3. The van der Waals surface area contributed by atoms with Crippen LogP contribution in [0.2, 0.25) is 4.34 Å². The second-order valence-electron chi connectivity index (χ2n) is 4.78. The van der Waals surface area contributed by atoms with Crippen molar-refractivity contribution in [1.29, 1.82) is 5.26 Å². The van der Waals surface area contributed by atoms with E-state index in [0.29, 0.717) is 12.1 Å². The van der Waals surface area contributed by atoms with Gasteiger partial charge in [-0.1, -0.05) is 30.7 Å². The Balaban J connectivity index is 1.98. The van der Waals surface area contributed by atoms with Crippen molar-refractivity contribution in [1.82, 2.24) is 4.90 Å². The first kappa shape index (κ1) is 16.0. The normalized spacial score (nSPS) is 12.3. The van der Waals surface area contributed by atoms with Crippen molar-refractivity contribution in [3.63, 3.8) is 0 Å². The van der Waals surface area contributed by atoms with Crippen LogP contribution in [0.25, 0.3) is 0 Å². The third-order valence-electron chi connectivity index (χ3n) is 3.31. The molecule has 0 bridgehead atoms. The molecule has 2 aromatic rings. The lowest BCUT2D eigenvalue weighted by Gasteiger charge is -2.23. The molecule has 0 aliphatic rings. The molecular formula is C16H17ClN2OS. The summed E-state index contributed by atoms with van der Waals surface area (Å²) in [5.41, 5.74) is 1.43. The zero-order chi connectivity index (χ0) is 15.2. The van der Waals surface area contributed by atoms with Crippen LogP contribution in [0.3, 0.4) is 0 Å². The summed E-state index contributed by atoms with van der Waals surface area (Å²) in [5.74, 6) is 0. The van der Waals surface area contributed by atoms with Crippen LogP contribution in [-0.2, 0) is 6.54 Å². The van der Waals surface area contributed by atoms with Crippen molar-refractivity contribution in [3.05, 3.63) is 56.7 Å². The molecule has 3 nitrogen and oxygen atoms in total. The third kappa shape index (κ3) is 4.55. The quantitative estimate of drug-likeness (QED) is 0.880. The monoisotopic (exact) mass is 320 g/mol. The Morgan fingerprint density at radius 2 is 2.00 bits per heavy atom. The molecule has 0 fully saturated rings. The minimum atomic E-state index is -0.562. The molecule has 0 spiro atoms. The fourth-order valence-corrected chi connectivity index (χ4v) is 3.22. The lowest BCUT2D eigenvalue weighted by Crippen LogP contribution is -2.27. The number of aliphatic hydroxyl groups excluding tert-OH is 1. The van der Waals surface area contributed by atoms with Gasteiger partial charge in [-0.2, -0.15) is 5.26 Å². The van der Waals surface area contributed by atoms with Crippen LogP contribution in [0.4, 0.5) is 0 Å². The molecule has 0 aliphatic carbocycles. The first-order chi connectivity index (χ1) is 10.1. The topological polar surface area (TPSA) is 47.3 Å². The zero-order valence-electron chi connectivity index (χ0n) is 11.8. The minimum absolute atomic E-state index is 0.553. The number of rotatable bonds is 6. The summed E-state index contributed by atoms with van der Waals surface area (Å²) in [7, 11) is 0. The molecule has 1 aromatic heterocycles. The van der Waals surface area contributed by atoms with Gasteiger partial charge in [-0.15, -0.1) is 11.3 Å². The molecule has 21 heavy (non-hydrogen) atoms. The molecule has 1 N–H and O–H groups in total. The fourth-order valence-electron chi connectivity index (χ4n) is 2.09. The van der Waals surface area contributed by atoms with Crippen LogP contribution >= 0.6 is 22.9 Å². The summed E-state index contributed by atoms with van der Waals surface area (Å²) in [6.07, 6.45) is -0.562. The molecule has 2 rings (SSSR count). The van der Waals surface area contributed by atoms with Gasteiger partial charge in [0.25, 0.3) is 0 Å². The summed E-state index contributed by atoms with van der Waals surface area (Å²) in [5, 5.41) is 19.1. The van der Waals surface area contributed by atoms with E-state index in [0.717, 1.165) is 23.0 Å². The number of hydrogen-bond donors (Lipinski definition) is 1. The summed E-state index contributed by atoms with van der Waals surface area (Å²) in [6, 6.07) is 13.1. The van der Waals surface area contributed by atoms with E-state index in [-0.39, 0.29) is 0 Å². The van der Waals surface area contributed by atoms with Gasteiger partial charge in [0.15, 0.2) is 0 Å². The van der Waals surface area contributed by atoms with Crippen LogP contribution in [-0.4, -0.2) is 23.1 Å². The number of likely N-dealkylation sites (N-methyl/N-ethyl adjacent to an activating group) is 1. The van der Waals surface area contributed by atoms with Crippen LogP contribution in [0.15, 0.2) is 36.4 Å². The molecular weight excluding hydrogens is 304 g/mol. The van der Waals surface area contributed by atoms with Gasteiger partial charge in [-0.25, -0.2) is 0 Å². The Hall–Kier alpha value is -1.38. The van der Waals surface area contributed by atoms with E-state index >= 15 is 0 Å². The van der Waals surface area contributed by atoms with Crippen LogP contribution in [0.1, 0.15) is 29.0 Å². The van der Waals surface area contributed by atoms with Crippen LogP contribution < -0.4 is 0 Å². The average molecular weight is 321 g/mol. The van der Waals surface area contributed by atoms with E-state index in [1.54, 1.807) is 35.6 Å².